The van der Waals surface area contributed by atoms with Crippen LogP contribution in [0.15, 0.2) is 33.9 Å². The predicted molar refractivity (Wildman–Crippen MR) is 58.3 cm³/mol. The average molecular weight is 218 g/mol. The number of aromatic hydroxyl groups is 1. The molecule has 4 heteroatoms. The van der Waals surface area contributed by atoms with Crippen molar-refractivity contribution in [3.63, 3.8) is 0 Å². The maximum atomic E-state index is 12.6. The highest BCUT2D eigenvalue weighted by molar-refractivity contribution is 5.73. The molecule has 0 radical (unpaired) electrons. The molecule has 1 N–H and O–H groups in total. The second-order valence-electron chi connectivity index (χ2n) is 3.31. The zero-order valence-corrected chi connectivity index (χ0v) is 8.11. The molecule has 0 amide bonds. The molecule has 2 aromatic carbocycles. The molecule has 0 heterocycles. The van der Waals surface area contributed by atoms with Crippen LogP contribution in [0, 0.1) is 5.82 Å². The number of halogens is 1. The minimum absolute atomic E-state index is 0.00525. The van der Waals surface area contributed by atoms with Crippen molar-refractivity contribution in [1.29, 1.82) is 0 Å². The number of rotatable bonds is 2. The minimum Gasteiger partial charge on any atom is -0.504 e. The van der Waals surface area contributed by atoms with Gasteiger partial charge in [-0.3, -0.25) is 9.59 Å². The number of hydrogen-bond acceptors (Lipinski definition) is 3. The summed E-state index contributed by atoms with van der Waals surface area (Å²) in [6.45, 7) is 0. The zero-order valence-electron chi connectivity index (χ0n) is 8.11. The first-order chi connectivity index (χ1) is 7.59. The SMILES string of the molecule is O=c1c(O)c(/C=C/c2ccc(F)cc2)c1=O. The third kappa shape index (κ3) is 1.65. The Morgan fingerprint density at radius 3 is 2.19 bits per heavy atom. The lowest BCUT2D eigenvalue weighted by atomic mass is 10.1. The molecule has 0 atom stereocenters. The van der Waals surface area contributed by atoms with Crippen LogP contribution >= 0.6 is 0 Å². The first-order valence-electron chi connectivity index (χ1n) is 4.55. The quantitative estimate of drug-likeness (QED) is 0.773. The fraction of sp³-hybridized carbons (Fsp3) is 0. The van der Waals surface area contributed by atoms with Gasteiger partial charge < -0.3 is 5.11 Å². The lowest BCUT2D eigenvalue weighted by Gasteiger charge is -1.98. The number of hydrogen-bond donors (Lipinski definition) is 1. The van der Waals surface area contributed by atoms with E-state index in [0.29, 0.717) is 5.56 Å². The van der Waals surface area contributed by atoms with Gasteiger partial charge in [-0.2, -0.15) is 0 Å². The van der Waals surface area contributed by atoms with Crippen molar-refractivity contribution in [2.45, 2.75) is 0 Å². The summed E-state index contributed by atoms with van der Waals surface area (Å²) in [5.74, 6) is -0.863. The first kappa shape index (κ1) is 10.3. The first-order valence-corrected chi connectivity index (χ1v) is 4.55. The largest absolute Gasteiger partial charge is 0.504 e. The van der Waals surface area contributed by atoms with Gasteiger partial charge in [-0.15, -0.1) is 0 Å². The molecule has 0 saturated carbocycles. The molecule has 3 nitrogen and oxygen atoms in total. The van der Waals surface area contributed by atoms with Crippen molar-refractivity contribution in [1.82, 2.24) is 0 Å². The highest BCUT2D eigenvalue weighted by atomic mass is 19.1. The molecular formula is C12H7FO3. The van der Waals surface area contributed by atoms with Gasteiger partial charge in [0.05, 0.1) is 5.56 Å². The predicted octanol–water partition coefficient (Wildman–Crippen LogP) is 1.30. The van der Waals surface area contributed by atoms with E-state index in [-0.39, 0.29) is 11.4 Å². The molecule has 2 aromatic rings. The molecule has 16 heavy (non-hydrogen) atoms. The molecule has 0 unspecified atom stereocenters. The van der Waals surface area contributed by atoms with E-state index in [1.165, 1.54) is 36.4 Å². The van der Waals surface area contributed by atoms with Crippen LogP contribution < -0.4 is 10.9 Å². The van der Waals surface area contributed by atoms with Crippen LogP contribution in [0.5, 0.6) is 5.75 Å². The normalized spacial score (nSPS) is 11.3. The monoisotopic (exact) mass is 218 g/mol. The molecule has 0 aliphatic rings. The summed E-state index contributed by atoms with van der Waals surface area (Å²) >= 11 is 0. The van der Waals surface area contributed by atoms with Crippen LogP contribution in [-0.4, -0.2) is 5.11 Å². The standard InChI is InChI=1S/C12H7FO3/c13-8-4-1-7(2-5-8)3-6-9-10(14)12(16)11(9)15/h1-6,14H/b6-3+. The van der Waals surface area contributed by atoms with Crippen LogP contribution in [0.1, 0.15) is 11.1 Å². The van der Waals surface area contributed by atoms with Gasteiger partial charge in [0.25, 0.3) is 5.43 Å². The molecule has 0 saturated heterocycles. The van der Waals surface area contributed by atoms with Gasteiger partial charge in [0.2, 0.25) is 5.43 Å². The second kappa shape index (κ2) is 3.73. The maximum Gasteiger partial charge on any atom is 0.268 e. The topological polar surface area (TPSA) is 54.4 Å². The van der Waals surface area contributed by atoms with Gasteiger partial charge in [-0.05, 0) is 23.8 Å². The van der Waals surface area contributed by atoms with Crippen molar-refractivity contribution >= 4 is 12.2 Å². The number of benzene rings is 1. The molecule has 0 aliphatic heterocycles. The zero-order chi connectivity index (χ0) is 11.7. The van der Waals surface area contributed by atoms with Gasteiger partial charge in [-0.25, -0.2) is 4.39 Å². The second-order valence-corrected chi connectivity index (χ2v) is 3.31. The smallest absolute Gasteiger partial charge is 0.268 e. The van der Waals surface area contributed by atoms with Crippen molar-refractivity contribution in [3.8, 4) is 5.75 Å². The highest BCUT2D eigenvalue weighted by Gasteiger charge is 2.16. The van der Waals surface area contributed by atoms with Crippen LogP contribution in [0.2, 0.25) is 0 Å². The Kier molecular flexibility index (Phi) is 2.40. The van der Waals surface area contributed by atoms with E-state index >= 15 is 0 Å². The lowest BCUT2D eigenvalue weighted by Crippen LogP contribution is -2.32. The Bertz CT molecular complexity index is 617. The van der Waals surface area contributed by atoms with Crippen molar-refractivity contribution in [2.75, 3.05) is 0 Å². The summed E-state index contributed by atoms with van der Waals surface area (Å²) in [5, 5.41) is 9.07. The lowest BCUT2D eigenvalue weighted by molar-refractivity contribution is 0.461. The average Bonchev–Trinajstić information content (AvgIpc) is 2.31. The van der Waals surface area contributed by atoms with Crippen LogP contribution in [0.3, 0.4) is 0 Å². The molecular weight excluding hydrogens is 211 g/mol. The van der Waals surface area contributed by atoms with Gasteiger partial charge >= 0.3 is 0 Å². The van der Waals surface area contributed by atoms with Crippen LogP contribution in [0.4, 0.5) is 4.39 Å². The van der Waals surface area contributed by atoms with Crippen LogP contribution in [-0.2, 0) is 0 Å². The van der Waals surface area contributed by atoms with E-state index in [9.17, 15) is 14.0 Å². The fourth-order valence-corrected chi connectivity index (χ4v) is 1.31. The minimum atomic E-state index is -0.862. The van der Waals surface area contributed by atoms with E-state index in [4.69, 9.17) is 5.11 Å². The summed E-state index contributed by atoms with van der Waals surface area (Å²) in [6.07, 6.45) is 2.86. The Balaban J connectivity index is 2.26. The summed E-state index contributed by atoms with van der Waals surface area (Å²) in [7, 11) is 0. The molecule has 0 aromatic heterocycles. The molecule has 0 spiro atoms. The maximum absolute atomic E-state index is 12.6. The Hall–Kier alpha value is -2.23. The summed E-state index contributed by atoms with van der Waals surface area (Å²) in [5.41, 5.74) is -0.891. The van der Waals surface area contributed by atoms with Gasteiger partial charge in [0.15, 0.2) is 5.75 Å². The Morgan fingerprint density at radius 1 is 1.00 bits per heavy atom. The third-order valence-corrected chi connectivity index (χ3v) is 2.23. The molecule has 0 bridgehead atoms. The fourth-order valence-electron chi connectivity index (χ4n) is 1.31. The van der Waals surface area contributed by atoms with Crippen molar-refractivity contribution in [2.24, 2.45) is 0 Å². The van der Waals surface area contributed by atoms with Gasteiger partial charge in [0.1, 0.15) is 5.82 Å². The summed E-state index contributed by atoms with van der Waals surface area (Å²) in [6, 6.07) is 5.60. The highest BCUT2D eigenvalue weighted by Crippen LogP contribution is 2.13. The van der Waals surface area contributed by atoms with Gasteiger partial charge in [0, 0.05) is 0 Å². The molecule has 0 aliphatic carbocycles. The third-order valence-electron chi connectivity index (χ3n) is 2.23. The Labute approximate surface area is 89.8 Å². The van der Waals surface area contributed by atoms with E-state index in [2.05, 4.69) is 0 Å². The van der Waals surface area contributed by atoms with E-state index in [1.807, 2.05) is 0 Å². The van der Waals surface area contributed by atoms with Crippen molar-refractivity contribution < 1.29 is 9.50 Å². The Morgan fingerprint density at radius 2 is 1.62 bits per heavy atom. The van der Waals surface area contributed by atoms with E-state index in [1.54, 1.807) is 0 Å². The van der Waals surface area contributed by atoms with Crippen LogP contribution in [0.25, 0.3) is 12.2 Å². The van der Waals surface area contributed by atoms with E-state index in [0.717, 1.165) is 0 Å². The molecule has 80 valence electrons. The summed E-state index contributed by atoms with van der Waals surface area (Å²) in [4.78, 5) is 21.7. The molecule has 2 rings (SSSR count). The van der Waals surface area contributed by atoms with Gasteiger partial charge in [-0.1, -0.05) is 18.2 Å². The summed E-state index contributed by atoms with van der Waals surface area (Å²) < 4.78 is 12.6. The van der Waals surface area contributed by atoms with Crippen molar-refractivity contribution in [3.05, 3.63) is 61.7 Å². The van der Waals surface area contributed by atoms with E-state index < -0.39 is 16.6 Å². The molecule has 0 fully saturated rings.